The largest absolute Gasteiger partial charge is 0.485 e. The number of allylic oxidation sites excluding steroid dienone is 1. The lowest BCUT2D eigenvalue weighted by Crippen LogP contribution is -2.42. The van der Waals surface area contributed by atoms with Crippen LogP contribution >= 0.6 is 0 Å². The zero-order valence-corrected chi connectivity index (χ0v) is 24.1. The quantitative estimate of drug-likeness (QED) is 0.396. The van der Waals surface area contributed by atoms with E-state index in [4.69, 9.17) is 10.5 Å². The SMILES string of the molecule is CCN/C=C(\N)CCC(c1ccc(C)c(CN2CC(C)(C)Oc3ccccc3S2(=O)=O)c1)C(C)(C)C(=O)O. The number of rotatable bonds is 10. The number of hydrogen-bond acceptors (Lipinski definition) is 6. The van der Waals surface area contributed by atoms with Gasteiger partial charge in [-0.05, 0) is 89.1 Å². The van der Waals surface area contributed by atoms with Gasteiger partial charge in [0.2, 0.25) is 10.0 Å². The van der Waals surface area contributed by atoms with Crippen molar-refractivity contribution in [1.29, 1.82) is 0 Å². The summed E-state index contributed by atoms with van der Waals surface area (Å²) in [6.45, 7) is 12.2. The van der Waals surface area contributed by atoms with Crippen LogP contribution in [0.25, 0.3) is 0 Å². The second-order valence-corrected chi connectivity index (χ2v) is 13.1. The highest BCUT2D eigenvalue weighted by Gasteiger charge is 2.40. The number of carbonyl (C=O) groups is 1. The third-order valence-corrected chi connectivity index (χ3v) is 9.00. The van der Waals surface area contributed by atoms with E-state index < -0.39 is 27.0 Å². The van der Waals surface area contributed by atoms with E-state index in [1.165, 1.54) is 4.31 Å². The van der Waals surface area contributed by atoms with Crippen molar-refractivity contribution < 1.29 is 23.1 Å². The molecule has 8 nitrogen and oxygen atoms in total. The molecule has 38 heavy (non-hydrogen) atoms. The number of nitrogens with one attached hydrogen (secondary N) is 1. The number of aryl methyl sites for hydroxylation is 1. The Morgan fingerprint density at radius 1 is 1.26 bits per heavy atom. The molecule has 0 amide bonds. The molecule has 1 unspecified atom stereocenters. The summed E-state index contributed by atoms with van der Waals surface area (Å²) in [5.74, 6) is -0.893. The Hall–Kier alpha value is -3.04. The summed E-state index contributed by atoms with van der Waals surface area (Å²) in [5.41, 5.74) is 7.61. The van der Waals surface area contributed by atoms with Gasteiger partial charge in [-0.3, -0.25) is 4.79 Å². The van der Waals surface area contributed by atoms with Gasteiger partial charge in [-0.2, -0.15) is 4.31 Å². The van der Waals surface area contributed by atoms with Crippen molar-refractivity contribution in [3.05, 3.63) is 71.1 Å². The van der Waals surface area contributed by atoms with Gasteiger partial charge < -0.3 is 20.9 Å². The second kappa shape index (κ2) is 11.4. The van der Waals surface area contributed by atoms with Gasteiger partial charge in [0.1, 0.15) is 16.2 Å². The average Bonchev–Trinajstić information content (AvgIpc) is 2.90. The minimum atomic E-state index is -3.83. The van der Waals surface area contributed by atoms with E-state index in [2.05, 4.69) is 5.32 Å². The number of carboxylic acids is 1. The van der Waals surface area contributed by atoms with Gasteiger partial charge in [0, 0.05) is 25.0 Å². The fourth-order valence-corrected chi connectivity index (χ4v) is 6.53. The Bertz CT molecular complexity index is 1300. The molecular formula is C29H41N3O5S. The Labute approximate surface area is 226 Å². The zero-order valence-electron chi connectivity index (χ0n) is 23.2. The molecule has 0 spiro atoms. The van der Waals surface area contributed by atoms with Crippen molar-refractivity contribution in [2.24, 2.45) is 11.1 Å². The monoisotopic (exact) mass is 543 g/mol. The van der Waals surface area contributed by atoms with Crippen molar-refractivity contribution in [2.45, 2.75) is 77.3 Å². The minimum Gasteiger partial charge on any atom is -0.485 e. The smallest absolute Gasteiger partial charge is 0.309 e. The first-order valence-electron chi connectivity index (χ1n) is 13.0. The number of hydrogen-bond donors (Lipinski definition) is 3. The highest BCUT2D eigenvalue weighted by atomic mass is 32.2. The third kappa shape index (κ3) is 6.50. The summed E-state index contributed by atoms with van der Waals surface area (Å²) >= 11 is 0. The number of para-hydroxylation sites is 1. The first-order chi connectivity index (χ1) is 17.7. The molecule has 1 aliphatic rings. The number of carboxylic acid groups (broad SMARTS) is 1. The Morgan fingerprint density at radius 3 is 2.61 bits per heavy atom. The van der Waals surface area contributed by atoms with Crippen LogP contribution in [0.5, 0.6) is 5.75 Å². The Kier molecular flexibility index (Phi) is 8.83. The van der Waals surface area contributed by atoms with E-state index >= 15 is 0 Å². The van der Waals surface area contributed by atoms with Gasteiger partial charge in [-0.1, -0.05) is 30.3 Å². The zero-order chi connectivity index (χ0) is 28.3. The maximum Gasteiger partial charge on any atom is 0.309 e. The lowest BCUT2D eigenvalue weighted by atomic mass is 9.72. The molecule has 0 radical (unpaired) electrons. The topological polar surface area (TPSA) is 122 Å². The van der Waals surface area contributed by atoms with Gasteiger partial charge in [-0.25, -0.2) is 8.42 Å². The van der Waals surface area contributed by atoms with Crippen LogP contribution < -0.4 is 15.8 Å². The predicted molar refractivity (Wildman–Crippen MR) is 149 cm³/mol. The molecule has 0 aliphatic carbocycles. The molecular weight excluding hydrogens is 502 g/mol. The molecule has 0 bridgehead atoms. The summed E-state index contributed by atoms with van der Waals surface area (Å²) in [6.07, 6.45) is 2.82. The molecule has 0 saturated carbocycles. The first-order valence-corrected chi connectivity index (χ1v) is 14.4. The van der Waals surface area contributed by atoms with Crippen LogP contribution in [0.3, 0.4) is 0 Å². The fourth-order valence-electron chi connectivity index (χ4n) is 4.85. The van der Waals surface area contributed by atoms with E-state index in [1.54, 1.807) is 44.3 Å². The molecule has 3 rings (SSSR count). The minimum absolute atomic E-state index is 0.145. The number of sulfonamides is 1. The molecule has 4 N–H and O–H groups in total. The van der Waals surface area contributed by atoms with Crippen molar-refractivity contribution in [1.82, 2.24) is 9.62 Å². The molecule has 0 fully saturated rings. The molecule has 0 saturated heterocycles. The van der Waals surface area contributed by atoms with E-state index in [-0.39, 0.29) is 23.9 Å². The summed E-state index contributed by atoms with van der Waals surface area (Å²) in [6, 6.07) is 12.5. The molecule has 1 heterocycles. The van der Waals surface area contributed by atoms with E-state index in [9.17, 15) is 18.3 Å². The van der Waals surface area contributed by atoms with Gasteiger partial charge in [0.25, 0.3) is 0 Å². The van der Waals surface area contributed by atoms with Crippen LogP contribution in [-0.4, -0.2) is 42.5 Å². The Morgan fingerprint density at radius 2 is 1.95 bits per heavy atom. The van der Waals surface area contributed by atoms with Crippen LogP contribution in [0.15, 0.2) is 59.3 Å². The maximum absolute atomic E-state index is 13.7. The number of nitrogens with zero attached hydrogens (tertiary/aromatic N) is 1. The van der Waals surface area contributed by atoms with Crippen molar-refractivity contribution in [3.8, 4) is 5.75 Å². The maximum atomic E-state index is 13.7. The van der Waals surface area contributed by atoms with Crippen LogP contribution in [-0.2, 0) is 21.4 Å². The summed E-state index contributed by atoms with van der Waals surface area (Å²) in [7, 11) is -3.83. The highest BCUT2D eigenvalue weighted by Crippen LogP contribution is 2.41. The van der Waals surface area contributed by atoms with Gasteiger partial charge >= 0.3 is 5.97 Å². The van der Waals surface area contributed by atoms with Gasteiger partial charge in [-0.15, -0.1) is 0 Å². The number of fused-ring (bicyclic) bond motifs is 1. The molecule has 1 aliphatic heterocycles. The van der Waals surface area contributed by atoms with Crippen LogP contribution in [0.1, 0.15) is 70.1 Å². The molecule has 2 aromatic carbocycles. The fraction of sp³-hybridized carbons (Fsp3) is 0.483. The van der Waals surface area contributed by atoms with Crippen molar-refractivity contribution in [2.75, 3.05) is 13.1 Å². The predicted octanol–water partition coefficient (Wildman–Crippen LogP) is 4.74. The second-order valence-electron chi connectivity index (χ2n) is 11.2. The number of nitrogens with two attached hydrogens (primary N) is 1. The summed E-state index contributed by atoms with van der Waals surface area (Å²) < 4.78 is 34.9. The van der Waals surface area contributed by atoms with Crippen LogP contribution in [0.2, 0.25) is 0 Å². The molecule has 2 aromatic rings. The van der Waals surface area contributed by atoms with Crippen molar-refractivity contribution >= 4 is 16.0 Å². The lowest BCUT2D eigenvalue weighted by Gasteiger charge is -2.32. The lowest BCUT2D eigenvalue weighted by molar-refractivity contribution is -0.148. The van der Waals surface area contributed by atoms with Crippen LogP contribution in [0.4, 0.5) is 0 Å². The number of benzene rings is 2. The first kappa shape index (κ1) is 29.5. The molecule has 0 aromatic heterocycles. The Balaban J connectivity index is 2.01. The highest BCUT2D eigenvalue weighted by molar-refractivity contribution is 7.89. The summed E-state index contributed by atoms with van der Waals surface area (Å²) in [5, 5.41) is 13.1. The number of ether oxygens (including phenoxy) is 1. The van der Waals surface area contributed by atoms with E-state index in [1.807, 2.05) is 45.9 Å². The van der Waals surface area contributed by atoms with E-state index in [0.717, 1.165) is 23.2 Å². The standard InChI is InChI=1S/C29H41N3O5S/c1-7-31-17-23(30)14-15-24(29(5,6)27(33)34)21-13-12-20(2)22(16-21)18-32-19-28(3,4)37-25-10-8-9-11-26(25)38(32,35)36/h8-13,16-17,24,31H,7,14-15,18-19,30H2,1-6H3,(H,33,34)/b23-17-. The summed E-state index contributed by atoms with van der Waals surface area (Å²) in [4.78, 5) is 12.4. The third-order valence-electron chi connectivity index (χ3n) is 7.17. The molecule has 208 valence electrons. The van der Waals surface area contributed by atoms with Gasteiger partial charge in [0.05, 0.1) is 12.0 Å². The van der Waals surface area contributed by atoms with Gasteiger partial charge in [0.15, 0.2) is 0 Å². The average molecular weight is 544 g/mol. The molecule has 9 heteroatoms. The van der Waals surface area contributed by atoms with E-state index in [0.29, 0.717) is 24.3 Å². The van der Waals surface area contributed by atoms with Crippen LogP contribution in [0, 0.1) is 12.3 Å². The normalized spacial score (nSPS) is 18.1. The van der Waals surface area contributed by atoms with Crippen molar-refractivity contribution in [3.63, 3.8) is 0 Å². The number of aliphatic carboxylic acids is 1. The molecule has 1 atom stereocenters.